The average molecular weight is 367 g/mol. The molecule has 0 aliphatic carbocycles. The SMILES string of the molecule is CCCCCCCOc1ccc(N=Nc2ccc(C[C@H](C)CC)cc2)cc1. The second-order valence-electron chi connectivity index (χ2n) is 7.34. The summed E-state index contributed by atoms with van der Waals surface area (Å²) in [6.07, 6.45) is 8.59. The molecule has 3 nitrogen and oxygen atoms in total. The second-order valence-corrected chi connectivity index (χ2v) is 7.34. The summed E-state index contributed by atoms with van der Waals surface area (Å²) < 4.78 is 5.79. The molecule has 0 radical (unpaired) electrons. The predicted molar refractivity (Wildman–Crippen MR) is 114 cm³/mol. The van der Waals surface area contributed by atoms with Crippen LogP contribution < -0.4 is 4.74 Å². The van der Waals surface area contributed by atoms with Crippen molar-refractivity contribution in [2.45, 2.75) is 65.7 Å². The summed E-state index contributed by atoms with van der Waals surface area (Å²) in [5.41, 5.74) is 3.09. The minimum absolute atomic E-state index is 0.717. The van der Waals surface area contributed by atoms with Crippen LogP contribution >= 0.6 is 0 Å². The molecular formula is C24H34N2O. The van der Waals surface area contributed by atoms with Crippen LogP contribution in [0.5, 0.6) is 5.75 Å². The Morgan fingerprint density at radius 2 is 1.37 bits per heavy atom. The van der Waals surface area contributed by atoms with Crippen LogP contribution in [0.2, 0.25) is 0 Å². The Bertz CT molecular complexity index is 662. The molecule has 0 saturated carbocycles. The van der Waals surface area contributed by atoms with E-state index in [-0.39, 0.29) is 0 Å². The van der Waals surface area contributed by atoms with E-state index in [1.54, 1.807) is 0 Å². The number of hydrogen-bond acceptors (Lipinski definition) is 3. The number of ether oxygens (including phenoxy) is 1. The minimum atomic E-state index is 0.717. The highest BCUT2D eigenvalue weighted by Gasteiger charge is 2.01. The van der Waals surface area contributed by atoms with E-state index in [4.69, 9.17) is 4.74 Å². The first-order chi connectivity index (χ1) is 13.2. The standard InChI is InChI=1S/C24H34N2O/c1-4-6-7-8-9-18-27-24-16-14-23(15-17-24)26-25-22-12-10-21(11-13-22)19-20(3)5-2/h10-17,20H,4-9,18-19H2,1-3H3/t20-/m1/s1. The van der Waals surface area contributed by atoms with Crippen LogP contribution in [0.15, 0.2) is 58.8 Å². The van der Waals surface area contributed by atoms with Gasteiger partial charge in [-0.15, -0.1) is 0 Å². The Balaban J connectivity index is 1.78. The van der Waals surface area contributed by atoms with Crippen molar-refractivity contribution in [3.05, 3.63) is 54.1 Å². The third-order valence-electron chi connectivity index (χ3n) is 4.85. The van der Waals surface area contributed by atoms with E-state index in [0.717, 1.165) is 42.5 Å². The molecule has 0 fully saturated rings. The lowest BCUT2D eigenvalue weighted by Crippen LogP contribution is -1.96. The first kappa shape index (κ1) is 21.1. The number of hydrogen-bond donors (Lipinski definition) is 0. The zero-order valence-electron chi connectivity index (χ0n) is 17.2. The maximum Gasteiger partial charge on any atom is 0.119 e. The second kappa shape index (κ2) is 12.3. The molecule has 1 atom stereocenters. The monoisotopic (exact) mass is 366 g/mol. The van der Waals surface area contributed by atoms with Gasteiger partial charge in [-0.1, -0.05) is 65.0 Å². The van der Waals surface area contributed by atoms with Gasteiger partial charge in [-0.3, -0.25) is 0 Å². The molecule has 0 amide bonds. The smallest absolute Gasteiger partial charge is 0.119 e. The van der Waals surface area contributed by atoms with Gasteiger partial charge in [0.2, 0.25) is 0 Å². The van der Waals surface area contributed by atoms with Gasteiger partial charge in [-0.05, 0) is 60.7 Å². The number of nitrogens with zero attached hydrogens (tertiary/aromatic N) is 2. The third-order valence-corrected chi connectivity index (χ3v) is 4.85. The van der Waals surface area contributed by atoms with Crippen molar-refractivity contribution in [1.82, 2.24) is 0 Å². The van der Waals surface area contributed by atoms with Crippen molar-refractivity contribution in [3.8, 4) is 5.75 Å². The lowest BCUT2D eigenvalue weighted by Gasteiger charge is -2.07. The van der Waals surface area contributed by atoms with Crippen molar-refractivity contribution in [2.24, 2.45) is 16.1 Å². The summed E-state index contributed by atoms with van der Waals surface area (Å²) in [6.45, 7) is 7.54. The van der Waals surface area contributed by atoms with Crippen LogP contribution in [-0.4, -0.2) is 6.61 Å². The molecule has 146 valence electrons. The van der Waals surface area contributed by atoms with Gasteiger partial charge in [0.15, 0.2) is 0 Å². The Morgan fingerprint density at radius 1 is 0.778 bits per heavy atom. The third kappa shape index (κ3) is 8.38. The van der Waals surface area contributed by atoms with Gasteiger partial charge in [0.1, 0.15) is 5.75 Å². The van der Waals surface area contributed by atoms with Crippen molar-refractivity contribution >= 4 is 11.4 Å². The number of unbranched alkanes of at least 4 members (excludes halogenated alkanes) is 4. The molecule has 27 heavy (non-hydrogen) atoms. The summed E-state index contributed by atoms with van der Waals surface area (Å²) in [5, 5.41) is 8.66. The lowest BCUT2D eigenvalue weighted by molar-refractivity contribution is 0.304. The van der Waals surface area contributed by atoms with Crippen LogP contribution in [0, 0.1) is 5.92 Å². The van der Waals surface area contributed by atoms with Crippen LogP contribution in [0.4, 0.5) is 11.4 Å². The predicted octanol–water partition coefficient (Wildman–Crippen LogP) is 8.04. The first-order valence-corrected chi connectivity index (χ1v) is 10.4. The van der Waals surface area contributed by atoms with Gasteiger partial charge in [0, 0.05) is 0 Å². The van der Waals surface area contributed by atoms with Gasteiger partial charge < -0.3 is 4.74 Å². The normalized spacial score (nSPS) is 12.4. The van der Waals surface area contributed by atoms with Crippen molar-refractivity contribution in [2.75, 3.05) is 6.61 Å². The molecule has 0 unspecified atom stereocenters. The zero-order chi connectivity index (χ0) is 19.3. The maximum atomic E-state index is 5.79. The molecule has 0 saturated heterocycles. The van der Waals surface area contributed by atoms with E-state index in [0.29, 0.717) is 0 Å². The fraction of sp³-hybridized carbons (Fsp3) is 0.500. The first-order valence-electron chi connectivity index (χ1n) is 10.4. The molecule has 3 heteroatoms. The van der Waals surface area contributed by atoms with Gasteiger partial charge in [0.05, 0.1) is 18.0 Å². The summed E-state index contributed by atoms with van der Waals surface area (Å²) in [4.78, 5) is 0. The fourth-order valence-corrected chi connectivity index (χ4v) is 2.87. The van der Waals surface area contributed by atoms with E-state index in [1.807, 2.05) is 36.4 Å². The van der Waals surface area contributed by atoms with Gasteiger partial charge in [-0.2, -0.15) is 10.2 Å². The van der Waals surface area contributed by atoms with Gasteiger partial charge >= 0.3 is 0 Å². The van der Waals surface area contributed by atoms with Crippen molar-refractivity contribution in [3.63, 3.8) is 0 Å². The van der Waals surface area contributed by atoms with Crippen LogP contribution in [0.3, 0.4) is 0 Å². The molecule has 0 aliphatic heterocycles. The molecule has 0 aromatic heterocycles. The summed E-state index contributed by atoms with van der Waals surface area (Å²) in [7, 11) is 0. The highest BCUT2D eigenvalue weighted by Crippen LogP contribution is 2.22. The van der Waals surface area contributed by atoms with E-state index in [1.165, 1.54) is 37.7 Å². The molecule has 0 spiro atoms. The van der Waals surface area contributed by atoms with E-state index in [9.17, 15) is 0 Å². The molecule has 2 aromatic rings. The number of benzene rings is 2. The highest BCUT2D eigenvalue weighted by molar-refractivity contribution is 5.43. The maximum absolute atomic E-state index is 5.79. The highest BCUT2D eigenvalue weighted by atomic mass is 16.5. The van der Waals surface area contributed by atoms with Crippen LogP contribution in [0.25, 0.3) is 0 Å². The molecule has 0 N–H and O–H groups in total. The summed E-state index contributed by atoms with van der Waals surface area (Å²) in [6, 6.07) is 16.2. The van der Waals surface area contributed by atoms with Crippen molar-refractivity contribution in [1.29, 1.82) is 0 Å². The van der Waals surface area contributed by atoms with Crippen molar-refractivity contribution < 1.29 is 4.74 Å². The van der Waals surface area contributed by atoms with Gasteiger partial charge in [-0.25, -0.2) is 0 Å². The zero-order valence-corrected chi connectivity index (χ0v) is 17.2. The number of rotatable bonds is 12. The molecule has 0 heterocycles. The summed E-state index contributed by atoms with van der Waals surface area (Å²) >= 11 is 0. The van der Waals surface area contributed by atoms with E-state index >= 15 is 0 Å². The van der Waals surface area contributed by atoms with Gasteiger partial charge in [0.25, 0.3) is 0 Å². The summed E-state index contributed by atoms with van der Waals surface area (Å²) in [5.74, 6) is 1.62. The topological polar surface area (TPSA) is 34.0 Å². The fourth-order valence-electron chi connectivity index (χ4n) is 2.87. The van der Waals surface area contributed by atoms with Crippen LogP contribution in [-0.2, 0) is 6.42 Å². The Morgan fingerprint density at radius 3 is 1.96 bits per heavy atom. The molecule has 2 aromatic carbocycles. The molecule has 2 rings (SSSR count). The largest absolute Gasteiger partial charge is 0.494 e. The molecular weight excluding hydrogens is 332 g/mol. The number of azo groups is 1. The van der Waals surface area contributed by atoms with Crippen LogP contribution in [0.1, 0.15) is 64.9 Å². The Labute approximate surface area is 164 Å². The lowest BCUT2D eigenvalue weighted by atomic mass is 9.99. The van der Waals surface area contributed by atoms with E-state index < -0.39 is 0 Å². The quantitative estimate of drug-likeness (QED) is 0.276. The Kier molecular flexibility index (Phi) is 9.61. The molecule has 0 aliphatic rings. The van der Waals surface area contributed by atoms with E-state index in [2.05, 4.69) is 43.1 Å². The Hall–Kier alpha value is -2.16. The minimum Gasteiger partial charge on any atom is -0.494 e. The average Bonchev–Trinajstić information content (AvgIpc) is 2.71. The molecule has 0 bridgehead atoms.